The number of hydrogen-bond donors (Lipinski definition) is 1. The Labute approximate surface area is 191 Å². The van der Waals surface area contributed by atoms with Crippen LogP contribution in [-0.2, 0) is 14.4 Å². The molecule has 7 heteroatoms. The van der Waals surface area contributed by atoms with Gasteiger partial charge in [0.15, 0.2) is 0 Å². The molecular formula is C25H24ClN3O3. The minimum atomic E-state index is -0.783. The number of rotatable bonds is 5. The fraction of sp³-hybridized carbons (Fsp3) is 0.320. The van der Waals surface area contributed by atoms with Crippen LogP contribution in [0.4, 0.5) is 11.4 Å². The van der Waals surface area contributed by atoms with Crippen LogP contribution in [0, 0.1) is 11.8 Å². The molecule has 0 unspecified atom stereocenters. The molecule has 3 aliphatic rings. The first-order valence-electron chi connectivity index (χ1n) is 11.0. The fourth-order valence-electron chi connectivity index (χ4n) is 5.16. The molecule has 2 fully saturated rings. The van der Waals surface area contributed by atoms with Gasteiger partial charge in [0, 0.05) is 22.9 Å². The van der Waals surface area contributed by atoms with E-state index in [2.05, 4.69) is 5.32 Å². The summed E-state index contributed by atoms with van der Waals surface area (Å²) >= 11 is 5.97. The van der Waals surface area contributed by atoms with E-state index >= 15 is 0 Å². The molecule has 2 aromatic carbocycles. The number of carbonyl (C=O) groups excluding carboxylic acids is 3. The van der Waals surface area contributed by atoms with Gasteiger partial charge in [0.25, 0.3) is 0 Å². The molecule has 1 N–H and O–H groups in total. The van der Waals surface area contributed by atoms with Gasteiger partial charge in [-0.15, -0.1) is 0 Å². The second kappa shape index (κ2) is 8.10. The van der Waals surface area contributed by atoms with Crippen LogP contribution in [0.5, 0.6) is 0 Å². The molecule has 0 spiro atoms. The molecular weight excluding hydrogens is 426 g/mol. The lowest BCUT2D eigenvalue weighted by Gasteiger charge is -2.36. The highest BCUT2D eigenvalue weighted by molar-refractivity contribution is 6.30. The lowest BCUT2D eigenvalue weighted by molar-refractivity contribution is -0.141. The lowest BCUT2D eigenvalue weighted by Crippen LogP contribution is -2.50. The van der Waals surface area contributed by atoms with Crippen molar-refractivity contribution in [2.24, 2.45) is 11.8 Å². The molecule has 32 heavy (non-hydrogen) atoms. The maximum absolute atomic E-state index is 13.6. The zero-order chi connectivity index (χ0) is 22.4. The number of imide groups is 1. The Kier molecular flexibility index (Phi) is 5.25. The third-order valence-electron chi connectivity index (χ3n) is 6.62. The maximum atomic E-state index is 13.6. The average Bonchev–Trinajstić information content (AvgIpc) is 3.27. The van der Waals surface area contributed by atoms with Crippen LogP contribution in [0.2, 0.25) is 5.02 Å². The number of fused-ring (bicyclic) bond motifs is 5. The van der Waals surface area contributed by atoms with E-state index in [1.807, 2.05) is 48.2 Å². The summed E-state index contributed by atoms with van der Waals surface area (Å²) < 4.78 is 0. The zero-order valence-corrected chi connectivity index (χ0v) is 18.5. The van der Waals surface area contributed by atoms with E-state index in [1.54, 1.807) is 24.3 Å². The van der Waals surface area contributed by atoms with Crippen molar-refractivity contribution in [3.8, 4) is 0 Å². The number of halogens is 1. The number of carbonyl (C=O) groups is 3. The summed E-state index contributed by atoms with van der Waals surface area (Å²) in [6.07, 6.45) is 5.59. The van der Waals surface area contributed by atoms with Gasteiger partial charge in [0.05, 0.1) is 17.9 Å². The SMILES string of the molecule is CCCCN1C(=O)[C@@H]2[C@H](C1=O)[C@H](C(=O)Nc1ccc(Cl)cc1)N1c3ccccc3C=C[C@@H]21. The molecule has 3 aliphatic heterocycles. The van der Waals surface area contributed by atoms with Crippen molar-refractivity contribution in [1.82, 2.24) is 4.90 Å². The zero-order valence-electron chi connectivity index (χ0n) is 17.7. The topological polar surface area (TPSA) is 69.7 Å². The number of benzene rings is 2. The number of hydrogen-bond acceptors (Lipinski definition) is 4. The normalized spacial score (nSPS) is 25.6. The molecule has 6 nitrogen and oxygen atoms in total. The predicted molar refractivity (Wildman–Crippen MR) is 124 cm³/mol. The summed E-state index contributed by atoms with van der Waals surface area (Å²) in [4.78, 5) is 43.7. The Hall–Kier alpha value is -3.12. The number of anilines is 2. The molecule has 0 radical (unpaired) electrons. The summed E-state index contributed by atoms with van der Waals surface area (Å²) in [6.45, 7) is 2.43. The second-order valence-electron chi connectivity index (χ2n) is 8.49. The number of likely N-dealkylation sites (tertiary alicyclic amines) is 1. The van der Waals surface area contributed by atoms with Crippen molar-refractivity contribution in [2.75, 3.05) is 16.8 Å². The smallest absolute Gasteiger partial charge is 0.247 e. The van der Waals surface area contributed by atoms with Gasteiger partial charge in [-0.05, 0) is 42.3 Å². The van der Waals surface area contributed by atoms with Gasteiger partial charge in [-0.3, -0.25) is 19.3 Å². The van der Waals surface area contributed by atoms with Crippen molar-refractivity contribution >= 4 is 46.8 Å². The highest BCUT2D eigenvalue weighted by Crippen LogP contribution is 2.48. The molecule has 0 aliphatic carbocycles. The summed E-state index contributed by atoms with van der Waals surface area (Å²) in [5.41, 5.74) is 2.43. The van der Waals surface area contributed by atoms with Crippen molar-refractivity contribution < 1.29 is 14.4 Å². The number of para-hydroxylation sites is 1. The molecule has 164 valence electrons. The van der Waals surface area contributed by atoms with Crippen molar-refractivity contribution in [3.63, 3.8) is 0 Å². The number of unbranched alkanes of at least 4 members (excludes halogenated alkanes) is 1. The fourth-order valence-corrected chi connectivity index (χ4v) is 5.29. The van der Waals surface area contributed by atoms with E-state index in [-0.39, 0.29) is 23.8 Å². The largest absolute Gasteiger partial charge is 0.351 e. The van der Waals surface area contributed by atoms with Gasteiger partial charge in [-0.25, -0.2) is 0 Å². The summed E-state index contributed by atoms with van der Waals surface area (Å²) in [7, 11) is 0. The molecule has 4 atom stereocenters. The number of nitrogens with zero attached hydrogens (tertiary/aromatic N) is 2. The Morgan fingerprint density at radius 1 is 1.03 bits per heavy atom. The van der Waals surface area contributed by atoms with Crippen LogP contribution in [0.15, 0.2) is 54.6 Å². The molecule has 0 bridgehead atoms. The average molecular weight is 450 g/mol. The van der Waals surface area contributed by atoms with Crippen molar-refractivity contribution in [2.45, 2.75) is 31.8 Å². The Bertz CT molecular complexity index is 1110. The molecule has 0 saturated carbocycles. The van der Waals surface area contributed by atoms with Gasteiger partial charge in [0.2, 0.25) is 17.7 Å². The van der Waals surface area contributed by atoms with E-state index < -0.39 is 17.9 Å². The minimum Gasteiger partial charge on any atom is -0.351 e. The van der Waals surface area contributed by atoms with Crippen LogP contribution in [0.25, 0.3) is 6.08 Å². The monoisotopic (exact) mass is 449 g/mol. The molecule has 5 rings (SSSR count). The van der Waals surface area contributed by atoms with Crippen LogP contribution >= 0.6 is 11.6 Å². The van der Waals surface area contributed by atoms with E-state index in [0.29, 0.717) is 17.3 Å². The van der Waals surface area contributed by atoms with Crippen LogP contribution in [0.3, 0.4) is 0 Å². The van der Waals surface area contributed by atoms with Gasteiger partial charge >= 0.3 is 0 Å². The first kappa shape index (κ1) is 20.8. The molecule has 2 saturated heterocycles. The van der Waals surface area contributed by atoms with E-state index in [4.69, 9.17) is 11.6 Å². The third kappa shape index (κ3) is 3.21. The van der Waals surface area contributed by atoms with E-state index in [1.165, 1.54) is 4.90 Å². The number of amides is 3. The van der Waals surface area contributed by atoms with Crippen LogP contribution < -0.4 is 10.2 Å². The summed E-state index contributed by atoms with van der Waals surface area (Å²) in [5, 5.41) is 3.51. The lowest BCUT2D eigenvalue weighted by atomic mass is 9.88. The third-order valence-corrected chi connectivity index (χ3v) is 6.87. The Morgan fingerprint density at radius 3 is 2.50 bits per heavy atom. The molecule has 3 amide bonds. The van der Waals surface area contributed by atoms with Gasteiger partial charge in [-0.2, -0.15) is 0 Å². The first-order valence-corrected chi connectivity index (χ1v) is 11.4. The van der Waals surface area contributed by atoms with Crippen molar-refractivity contribution in [3.05, 3.63) is 65.2 Å². The van der Waals surface area contributed by atoms with Crippen LogP contribution in [-0.4, -0.2) is 41.2 Å². The van der Waals surface area contributed by atoms with Crippen LogP contribution in [0.1, 0.15) is 25.3 Å². The molecule has 0 aromatic heterocycles. The Balaban J connectivity index is 1.55. The van der Waals surface area contributed by atoms with E-state index in [9.17, 15) is 14.4 Å². The standard InChI is InChI=1S/C25H24ClN3O3/c1-2-3-14-28-24(31)20-19-13-8-15-6-4-5-7-18(15)29(19)22(21(20)25(28)32)23(30)27-17-11-9-16(26)10-12-17/h4-13,19-22H,2-3,14H2,1H3,(H,27,30)/t19-,20-,21-,22+/m0/s1. The summed E-state index contributed by atoms with van der Waals surface area (Å²) in [5.74, 6) is -2.00. The highest BCUT2D eigenvalue weighted by atomic mass is 35.5. The van der Waals surface area contributed by atoms with Crippen molar-refractivity contribution in [1.29, 1.82) is 0 Å². The predicted octanol–water partition coefficient (Wildman–Crippen LogP) is 3.96. The quantitative estimate of drug-likeness (QED) is 0.701. The van der Waals surface area contributed by atoms with Gasteiger partial charge < -0.3 is 10.2 Å². The summed E-state index contributed by atoms with van der Waals surface area (Å²) in [6, 6.07) is 13.5. The highest BCUT2D eigenvalue weighted by Gasteiger charge is 2.63. The minimum absolute atomic E-state index is 0.172. The first-order chi connectivity index (χ1) is 15.5. The Morgan fingerprint density at radius 2 is 1.75 bits per heavy atom. The molecule has 3 heterocycles. The second-order valence-corrected chi connectivity index (χ2v) is 8.93. The maximum Gasteiger partial charge on any atom is 0.247 e. The van der Waals surface area contributed by atoms with E-state index in [0.717, 1.165) is 24.1 Å². The molecule has 2 aromatic rings. The van der Waals surface area contributed by atoms with Gasteiger partial charge in [-0.1, -0.05) is 55.3 Å². The number of nitrogens with one attached hydrogen (secondary N) is 1. The van der Waals surface area contributed by atoms with Gasteiger partial charge in [0.1, 0.15) is 6.04 Å².